The average Bonchev–Trinajstić information content (AvgIpc) is 2.78. The lowest BCUT2D eigenvalue weighted by Gasteiger charge is -2.19. The monoisotopic (exact) mass is 327 g/mol. The number of aryl methyl sites for hydroxylation is 1. The molecule has 0 aliphatic carbocycles. The molecule has 0 unspecified atom stereocenters. The van der Waals surface area contributed by atoms with Gasteiger partial charge in [-0.3, -0.25) is 4.90 Å². The normalized spacial score (nSPS) is 14.8. The maximum atomic E-state index is 10.5. The first-order valence-corrected chi connectivity index (χ1v) is 8.45. The Morgan fingerprint density at radius 1 is 1.25 bits per heavy atom. The number of phenols is 1. The Kier molecular flexibility index (Phi) is 5.38. The molecule has 0 aromatic heterocycles. The van der Waals surface area contributed by atoms with Gasteiger partial charge in [0.05, 0.1) is 0 Å². The fourth-order valence-corrected chi connectivity index (χ4v) is 3.23. The number of hydrogen-bond acceptors (Lipinski definition) is 4. The lowest BCUT2D eigenvalue weighted by atomic mass is 9.98. The molecule has 4 nitrogen and oxygen atoms in total. The van der Waals surface area contributed by atoms with Crippen molar-refractivity contribution in [2.75, 3.05) is 33.4 Å². The van der Waals surface area contributed by atoms with Crippen molar-refractivity contribution in [1.82, 2.24) is 4.90 Å². The number of phenolic OH excluding ortho intramolecular Hbond substituents is 1. The molecule has 4 heteroatoms. The van der Waals surface area contributed by atoms with Gasteiger partial charge in [0, 0.05) is 38.9 Å². The third kappa shape index (κ3) is 3.71. The number of ether oxygens (including phenoxy) is 2. The van der Waals surface area contributed by atoms with E-state index in [-0.39, 0.29) is 5.75 Å². The van der Waals surface area contributed by atoms with Gasteiger partial charge < -0.3 is 14.6 Å². The van der Waals surface area contributed by atoms with Gasteiger partial charge in [0.1, 0.15) is 6.61 Å². The van der Waals surface area contributed by atoms with Crippen LogP contribution in [0, 0.1) is 6.92 Å². The Morgan fingerprint density at radius 2 is 2.08 bits per heavy atom. The molecule has 1 aliphatic heterocycles. The molecule has 1 heterocycles. The van der Waals surface area contributed by atoms with Gasteiger partial charge in [-0.1, -0.05) is 24.3 Å². The highest BCUT2D eigenvalue weighted by atomic mass is 16.5. The minimum absolute atomic E-state index is 0.226. The molecular formula is C20H25NO3. The molecule has 2 aromatic rings. The van der Waals surface area contributed by atoms with E-state index in [0.29, 0.717) is 12.4 Å². The Labute approximate surface area is 143 Å². The largest absolute Gasteiger partial charge is 0.504 e. The fourth-order valence-electron chi connectivity index (χ4n) is 3.23. The van der Waals surface area contributed by atoms with E-state index in [1.807, 2.05) is 18.2 Å². The molecule has 2 aromatic carbocycles. The third-order valence-electron chi connectivity index (χ3n) is 4.47. The van der Waals surface area contributed by atoms with E-state index in [0.717, 1.165) is 49.4 Å². The summed E-state index contributed by atoms with van der Waals surface area (Å²) in [4.78, 5) is 2.35. The number of fused-ring (bicyclic) bond motifs is 1. The van der Waals surface area contributed by atoms with Crippen LogP contribution in [0.4, 0.5) is 0 Å². The van der Waals surface area contributed by atoms with Crippen LogP contribution in [0.15, 0.2) is 36.4 Å². The summed E-state index contributed by atoms with van der Waals surface area (Å²) in [5.74, 6) is 0.853. The summed E-state index contributed by atoms with van der Waals surface area (Å²) in [5, 5.41) is 10.5. The Bertz CT molecular complexity index is 699. The second-order valence-corrected chi connectivity index (χ2v) is 6.27. The first-order chi connectivity index (χ1) is 11.7. The van der Waals surface area contributed by atoms with E-state index < -0.39 is 0 Å². The molecule has 24 heavy (non-hydrogen) atoms. The van der Waals surface area contributed by atoms with Crippen LogP contribution in [-0.4, -0.2) is 43.4 Å². The van der Waals surface area contributed by atoms with Gasteiger partial charge >= 0.3 is 0 Å². The summed E-state index contributed by atoms with van der Waals surface area (Å²) >= 11 is 0. The minimum atomic E-state index is 0.226. The quantitative estimate of drug-likeness (QED) is 0.852. The Hall–Kier alpha value is -2.04. The second kappa shape index (κ2) is 7.69. The van der Waals surface area contributed by atoms with E-state index in [9.17, 15) is 5.11 Å². The van der Waals surface area contributed by atoms with Gasteiger partial charge in [0.2, 0.25) is 0 Å². The van der Waals surface area contributed by atoms with Crippen molar-refractivity contribution in [2.45, 2.75) is 19.9 Å². The number of nitrogens with zero attached hydrogens (tertiary/aromatic N) is 1. The molecule has 0 saturated heterocycles. The van der Waals surface area contributed by atoms with Gasteiger partial charge in [-0.15, -0.1) is 0 Å². The maximum Gasteiger partial charge on any atom is 0.165 e. The average molecular weight is 327 g/mol. The smallest absolute Gasteiger partial charge is 0.165 e. The predicted molar refractivity (Wildman–Crippen MR) is 95.5 cm³/mol. The summed E-state index contributed by atoms with van der Waals surface area (Å²) < 4.78 is 11.0. The fraction of sp³-hybridized carbons (Fsp3) is 0.400. The summed E-state index contributed by atoms with van der Waals surface area (Å²) in [6, 6.07) is 12.2. The molecule has 128 valence electrons. The van der Waals surface area contributed by atoms with Crippen LogP contribution in [-0.2, 0) is 11.3 Å². The van der Waals surface area contributed by atoms with Crippen LogP contribution >= 0.6 is 0 Å². The summed E-state index contributed by atoms with van der Waals surface area (Å²) in [6.45, 7) is 6.05. The molecule has 1 aliphatic rings. The van der Waals surface area contributed by atoms with Gasteiger partial charge in [-0.05, 0) is 42.2 Å². The molecule has 0 spiro atoms. The van der Waals surface area contributed by atoms with Crippen molar-refractivity contribution >= 4 is 0 Å². The van der Waals surface area contributed by atoms with Crippen LogP contribution in [0.1, 0.15) is 17.5 Å². The molecule has 0 bridgehead atoms. The number of methoxy groups -OCH3 is 1. The van der Waals surface area contributed by atoms with Crippen LogP contribution in [0.5, 0.6) is 11.5 Å². The van der Waals surface area contributed by atoms with Gasteiger partial charge in [0.15, 0.2) is 11.5 Å². The molecule has 0 amide bonds. The SMILES string of the molecule is COCCCN1CCOc2c(O)cc(-c3ccccc3C)cc2C1. The summed E-state index contributed by atoms with van der Waals surface area (Å²) in [7, 11) is 1.73. The van der Waals surface area contributed by atoms with Crippen molar-refractivity contribution in [3.05, 3.63) is 47.5 Å². The van der Waals surface area contributed by atoms with Crippen LogP contribution in [0.2, 0.25) is 0 Å². The van der Waals surface area contributed by atoms with Crippen molar-refractivity contribution in [3.63, 3.8) is 0 Å². The minimum Gasteiger partial charge on any atom is -0.504 e. The number of benzene rings is 2. The highest BCUT2D eigenvalue weighted by Crippen LogP contribution is 2.38. The lowest BCUT2D eigenvalue weighted by Crippen LogP contribution is -2.27. The third-order valence-corrected chi connectivity index (χ3v) is 4.47. The van der Waals surface area contributed by atoms with E-state index >= 15 is 0 Å². The predicted octanol–water partition coefficient (Wildman–Crippen LogP) is 3.60. The van der Waals surface area contributed by atoms with E-state index in [1.165, 1.54) is 5.56 Å². The van der Waals surface area contributed by atoms with Crippen LogP contribution in [0.25, 0.3) is 11.1 Å². The van der Waals surface area contributed by atoms with Crippen molar-refractivity contribution < 1.29 is 14.6 Å². The van der Waals surface area contributed by atoms with Crippen LogP contribution in [0.3, 0.4) is 0 Å². The number of hydrogen-bond donors (Lipinski definition) is 1. The topological polar surface area (TPSA) is 41.9 Å². The van der Waals surface area contributed by atoms with Crippen LogP contribution < -0.4 is 4.74 Å². The molecule has 0 radical (unpaired) electrons. The van der Waals surface area contributed by atoms with Gasteiger partial charge in [-0.25, -0.2) is 0 Å². The lowest BCUT2D eigenvalue weighted by molar-refractivity contribution is 0.164. The highest BCUT2D eigenvalue weighted by Gasteiger charge is 2.19. The summed E-state index contributed by atoms with van der Waals surface area (Å²) in [5.41, 5.74) is 4.42. The number of aromatic hydroxyl groups is 1. The Morgan fingerprint density at radius 3 is 2.88 bits per heavy atom. The summed E-state index contributed by atoms with van der Waals surface area (Å²) in [6.07, 6.45) is 0.995. The van der Waals surface area contributed by atoms with E-state index in [2.05, 4.69) is 30.0 Å². The first-order valence-electron chi connectivity index (χ1n) is 8.45. The second-order valence-electron chi connectivity index (χ2n) is 6.27. The molecule has 3 rings (SSSR count). The molecular weight excluding hydrogens is 302 g/mol. The van der Waals surface area contributed by atoms with Gasteiger partial charge in [-0.2, -0.15) is 0 Å². The zero-order valence-corrected chi connectivity index (χ0v) is 14.4. The zero-order chi connectivity index (χ0) is 16.9. The van der Waals surface area contributed by atoms with Crippen molar-refractivity contribution in [1.29, 1.82) is 0 Å². The van der Waals surface area contributed by atoms with Crippen molar-refractivity contribution in [2.24, 2.45) is 0 Å². The van der Waals surface area contributed by atoms with E-state index in [4.69, 9.17) is 9.47 Å². The molecule has 0 atom stereocenters. The number of rotatable bonds is 5. The van der Waals surface area contributed by atoms with E-state index in [1.54, 1.807) is 7.11 Å². The maximum absolute atomic E-state index is 10.5. The first kappa shape index (κ1) is 16.8. The molecule has 0 fully saturated rings. The van der Waals surface area contributed by atoms with Crippen molar-refractivity contribution in [3.8, 4) is 22.6 Å². The molecule has 1 N–H and O–H groups in total. The standard InChI is InChI=1S/C20H25NO3/c1-15-6-3-4-7-18(15)16-12-17-14-21(8-5-10-23-2)9-11-24-20(17)19(22)13-16/h3-4,6-7,12-13,22H,5,8-11,14H2,1-2H3. The zero-order valence-electron chi connectivity index (χ0n) is 14.4. The van der Waals surface area contributed by atoms with Gasteiger partial charge in [0.25, 0.3) is 0 Å². The Balaban J connectivity index is 1.89. The highest BCUT2D eigenvalue weighted by molar-refractivity contribution is 5.71. The molecule has 0 saturated carbocycles.